The Morgan fingerprint density at radius 2 is 1.89 bits per heavy atom. The SMILES string of the molecule is O=c1[nH]cnc2ccc3ccc(S(=O)(=O)Cl)cc3c12. The zero-order chi connectivity index (χ0) is 13.6. The first-order chi connectivity index (χ1) is 8.97. The first-order valence-corrected chi connectivity index (χ1v) is 7.62. The first-order valence-electron chi connectivity index (χ1n) is 5.32. The normalized spacial score (nSPS) is 12.1. The minimum Gasteiger partial charge on any atom is -0.313 e. The number of hydrogen-bond acceptors (Lipinski definition) is 4. The summed E-state index contributed by atoms with van der Waals surface area (Å²) in [7, 11) is 1.48. The first kappa shape index (κ1) is 12.1. The second kappa shape index (κ2) is 4.04. The van der Waals surface area contributed by atoms with E-state index in [1.54, 1.807) is 18.2 Å². The van der Waals surface area contributed by atoms with Crippen LogP contribution in [0, 0.1) is 0 Å². The van der Waals surface area contributed by atoms with Gasteiger partial charge in [0, 0.05) is 10.7 Å². The lowest BCUT2D eigenvalue weighted by Crippen LogP contribution is -2.06. The molecular formula is C12H7ClN2O3S. The van der Waals surface area contributed by atoms with Crippen molar-refractivity contribution in [3.8, 4) is 0 Å². The molecule has 96 valence electrons. The summed E-state index contributed by atoms with van der Waals surface area (Å²) in [6.07, 6.45) is 1.30. The lowest BCUT2D eigenvalue weighted by Gasteiger charge is -2.04. The molecule has 0 saturated heterocycles. The van der Waals surface area contributed by atoms with Crippen molar-refractivity contribution >= 4 is 41.4 Å². The summed E-state index contributed by atoms with van der Waals surface area (Å²) in [4.78, 5) is 18.4. The molecule has 0 saturated carbocycles. The van der Waals surface area contributed by atoms with Gasteiger partial charge in [-0.25, -0.2) is 13.4 Å². The van der Waals surface area contributed by atoms with E-state index in [4.69, 9.17) is 10.7 Å². The highest BCUT2D eigenvalue weighted by molar-refractivity contribution is 8.13. The monoisotopic (exact) mass is 294 g/mol. The maximum absolute atomic E-state index is 11.9. The van der Waals surface area contributed by atoms with Crippen LogP contribution >= 0.6 is 10.7 Å². The fraction of sp³-hybridized carbons (Fsp3) is 0. The van der Waals surface area contributed by atoms with Gasteiger partial charge in [-0.05, 0) is 29.0 Å². The maximum atomic E-state index is 11.9. The number of rotatable bonds is 1. The van der Waals surface area contributed by atoms with E-state index in [-0.39, 0.29) is 10.5 Å². The molecule has 0 aliphatic carbocycles. The van der Waals surface area contributed by atoms with E-state index >= 15 is 0 Å². The molecule has 1 aromatic heterocycles. The largest absolute Gasteiger partial charge is 0.313 e. The number of fused-ring (bicyclic) bond motifs is 3. The van der Waals surface area contributed by atoms with Crippen molar-refractivity contribution in [2.75, 3.05) is 0 Å². The molecule has 1 heterocycles. The Bertz CT molecular complexity index is 964. The van der Waals surface area contributed by atoms with Gasteiger partial charge in [0.15, 0.2) is 0 Å². The van der Waals surface area contributed by atoms with Gasteiger partial charge < -0.3 is 4.98 Å². The predicted octanol–water partition coefficient (Wildman–Crippen LogP) is 2.00. The lowest BCUT2D eigenvalue weighted by atomic mass is 10.1. The molecule has 1 N–H and O–H groups in total. The number of aromatic nitrogens is 2. The van der Waals surface area contributed by atoms with Crippen LogP contribution in [-0.4, -0.2) is 18.4 Å². The van der Waals surface area contributed by atoms with Crippen molar-refractivity contribution in [3.05, 3.63) is 47.0 Å². The minimum atomic E-state index is -3.84. The van der Waals surface area contributed by atoms with Gasteiger partial charge in [-0.1, -0.05) is 12.1 Å². The summed E-state index contributed by atoms with van der Waals surface area (Å²) in [6.45, 7) is 0. The van der Waals surface area contributed by atoms with Crippen LogP contribution in [0.4, 0.5) is 0 Å². The smallest absolute Gasteiger partial charge is 0.261 e. The number of benzene rings is 2. The topological polar surface area (TPSA) is 79.9 Å². The number of hydrogen-bond donors (Lipinski definition) is 1. The van der Waals surface area contributed by atoms with Crippen LogP contribution in [0.2, 0.25) is 0 Å². The molecule has 0 radical (unpaired) electrons. The summed E-state index contributed by atoms with van der Waals surface area (Å²) in [5, 5.41) is 1.60. The Balaban J connectivity index is 2.56. The number of H-pyrrole nitrogens is 1. The average Bonchev–Trinajstić information content (AvgIpc) is 2.37. The highest BCUT2D eigenvalue weighted by atomic mass is 35.7. The van der Waals surface area contributed by atoms with Crippen LogP contribution in [0.1, 0.15) is 0 Å². The van der Waals surface area contributed by atoms with Crippen LogP contribution in [0.5, 0.6) is 0 Å². The highest BCUT2D eigenvalue weighted by Gasteiger charge is 2.12. The van der Waals surface area contributed by atoms with E-state index in [9.17, 15) is 13.2 Å². The fourth-order valence-corrected chi connectivity index (χ4v) is 2.79. The number of aromatic amines is 1. The van der Waals surface area contributed by atoms with Gasteiger partial charge in [0.2, 0.25) is 0 Å². The molecule has 5 nitrogen and oxygen atoms in total. The Morgan fingerprint density at radius 1 is 1.16 bits per heavy atom. The van der Waals surface area contributed by atoms with Gasteiger partial charge in [0.05, 0.1) is 22.1 Å². The zero-order valence-electron chi connectivity index (χ0n) is 9.42. The highest BCUT2D eigenvalue weighted by Crippen LogP contribution is 2.25. The van der Waals surface area contributed by atoms with Gasteiger partial charge in [0.1, 0.15) is 0 Å². The van der Waals surface area contributed by atoms with Crippen LogP contribution < -0.4 is 5.56 Å². The van der Waals surface area contributed by atoms with Gasteiger partial charge in [0.25, 0.3) is 14.6 Å². The predicted molar refractivity (Wildman–Crippen MR) is 72.9 cm³/mol. The molecule has 3 aromatic rings. The Kier molecular flexibility index (Phi) is 2.58. The van der Waals surface area contributed by atoms with E-state index in [1.165, 1.54) is 18.5 Å². The van der Waals surface area contributed by atoms with E-state index in [0.717, 1.165) is 5.39 Å². The van der Waals surface area contributed by atoms with Crippen LogP contribution in [0.3, 0.4) is 0 Å². The van der Waals surface area contributed by atoms with E-state index in [0.29, 0.717) is 16.3 Å². The summed E-state index contributed by atoms with van der Waals surface area (Å²) < 4.78 is 22.7. The minimum absolute atomic E-state index is 0.0441. The van der Waals surface area contributed by atoms with Crippen molar-refractivity contribution in [1.82, 2.24) is 9.97 Å². The zero-order valence-corrected chi connectivity index (χ0v) is 11.0. The third kappa shape index (κ3) is 1.98. The maximum Gasteiger partial charge on any atom is 0.261 e. The summed E-state index contributed by atoms with van der Waals surface area (Å²) >= 11 is 0. The van der Waals surface area contributed by atoms with Crippen LogP contribution in [0.25, 0.3) is 21.7 Å². The van der Waals surface area contributed by atoms with Crippen LogP contribution in [0.15, 0.2) is 46.3 Å². The Morgan fingerprint density at radius 3 is 2.63 bits per heavy atom. The Hall–Kier alpha value is -1.92. The van der Waals surface area contributed by atoms with E-state index < -0.39 is 9.05 Å². The molecule has 0 unspecified atom stereocenters. The second-order valence-corrected chi connectivity index (χ2v) is 6.58. The number of halogens is 1. The molecule has 0 aliphatic heterocycles. The lowest BCUT2D eigenvalue weighted by molar-refractivity contribution is 0.609. The van der Waals surface area contributed by atoms with Gasteiger partial charge in [-0.2, -0.15) is 0 Å². The van der Waals surface area contributed by atoms with Crippen molar-refractivity contribution in [2.24, 2.45) is 0 Å². The number of nitrogens with one attached hydrogen (secondary N) is 1. The average molecular weight is 295 g/mol. The van der Waals surface area contributed by atoms with E-state index in [1.807, 2.05) is 0 Å². The third-order valence-electron chi connectivity index (χ3n) is 2.88. The Labute approximate surface area is 112 Å². The molecule has 3 rings (SSSR count). The quantitative estimate of drug-likeness (QED) is 0.550. The molecular weight excluding hydrogens is 288 g/mol. The van der Waals surface area contributed by atoms with Crippen molar-refractivity contribution in [3.63, 3.8) is 0 Å². The molecule has 2 aromatic carbocycles. The van der Waals surface area contributed by atoms with Crippen molar-refractivity contribution in [1.29, 1.82) is 0 Å². The molecule has 0 amide bonds. The third-order valence-corrected chi connectivity index (χ3v) is 4.23. The molecule has 7 heteroatoms. The van der Waals surface area contributed by atoms with Crippen LogP contribution in [-0.2, 0) is 9.05 Å². The second-order valence-electron chi connectivity index (χ2n) is 4.01. The summed E-state index contributed by atoms with van der Waals surface area (Å²) in [6, 6.07) is 7.88. The van der Waals surface area contributed by atoms with Gasteiger partial charge in [-0.3, -0.25) is 4.79 Å². The molecule has 19 heavy (non-hydrogen) atoms. The standard InChI is InChI=1S/C12H7ClN2O3S/c13-19(17,18)8-3-1-7-2-4-10-11(9(7)5-8)12(16)15-6-14-10/h1-6H,(H,14,15,16). The molecule has 0 fully saturated rings. The van der Waals surface area contributed by atoms with Crippen molar-refractivity contribution in [2.45, 2.75) is 4.90 Å². The van der Waals surface area contributed by atoms with Gasteiger partial charge in [-0.15, -0.1) is 0 Å². The van der Waals surface area contributed by atoms with E-state index in [2.05, 4.69) is 9.97 Å². The molecule has 0 bridgehead atoms. The molecule has 0 aliphatic rings. The van der Waals surface area contributed by atoms with Crippen molar-refractivity contribution < 1.29 is 8.42 Å². The summed E-state index contributed by atoms with van der Waals surface area (Å²) in [5.74, 6) is 0. The molecule has 0 atom stereocenters. The molecule has 0 spiro atoms. The number of nitrogens with zero attached hydrogens (tertiary/aromatic N) is 1. The van der Waals surface area contributed by atoms with Gasteiger partial charge >= 0.3 is 0 Å². The fourth-order valence-electron chi connectivity index (χ4n) is 2.02. The summed E-state index contributed by atoms with van der Waals surface area (Å²) in [5.41, 5.74) is 0.181.